The molecule has 4 heteroatoms. The number of hydrogen-bond acceptors (Lipinski definition) is 2. The molecule has 1 aromatic carbocycles. The smallest absolute Gasteiger partial charge is 0.314 e. The van der Waals surface area contributed by atoms with Gasteiger partial charge in [0.15, 0.2) is 0 Å². The van der Waals surface area contributed by atoms with Crippen LogP contribution in [0.1, 0.15) is 103 Å². The van der Waals surface area contributed by atoms with Crippen LogP contribution in [0.15, 0.2) is 42.5 Å². The number of carbonyl (C=O) groups is 1. The summed E-state index contributed by atoms with van der Waals surface area (Å²) < 4.78 is 21.4. The molecule has 0 amide bonds. The predicted molar refractivity (Wildman–Crippen MR) is 135 cm³/mol. The predicted octanol–water partition coefficient (Wildman–Crippen LogP) is 8.35. The Balaban J connectivity index is 2.19. The van der Waals surface area contributed by atoms with E-state index in [1.807, 2.05) is 6.08 Å². The van der Waals surface area contributed by atoms with Crippen LogP contribution in [-0.2, 0) is 9.53 Å². The van der Waals surface area contributed by atoms with Crippen molar-refractivity contribution in [3.8, 4) is 0 Å². The molecule has 0 saturated heterocycles. The van der Waals surface area contributed by atoms with Crippen LogP contribution in [0, 0.1) is 11.7 Å². The van der Waals surface area contributed by atoms with Gasteiger partial charge in [-0.2, -0.15) is 0 Å². The molecule has 33 heavy (non-hydrogen) atoms. The number of rotatable bonds is 17. The maximum absolute atomic E-state index is 14.9. The summed E-state index contributed by atoms with van der Waals surface area (Å²) in [6.45, 7) is 5.02. The van der Waals surface area contributed by atoms with Gasteiger partial charge >= 0.3 is 5.97 Å². The van der Waals surface area contributed by atoms with Gasteiger partial charge in [-0.3, -0.25) is 4.79 Å². The molecule has 0 saturated carbocycles. The Hall–Kier alpha value is -1.94. The van der Waals surface area contributed by atoms with Crippen molar-refractivity contribution in [3.63, 3.8) is 0 Å². The lowest BCUT2D eigenvalue weighted by molar-refractivity contribution is -0.138. The standard InChI is InChI=1S/C29H43FO3/c1-3-5-7-9-11-15-20-29(33-22-16-12-10-8-6-4-2)21-19-24(28(31)32)23-26(29)25-17-13-14-18-27(25)30/h13-14,17-19,21,23-24H,3-12,15-16,20,22H2,1-2H3,(H,31,32). The minimum absolute atomic E-state index is 0.335. The quantitative estimate of drug-likeness (QED) is 0.188. The first-order valence-electron chi connectivity index (χ1n) is 13.1. The molecule has 184 valence electrons. The Kier molecular flexibility index (Phi) is 12.5. The maximum atomic E-state index is 14.9. The minimum atomic E-state index is -0.927. The van der Waals surface area contributed by atoms with Gasteiger partial charge < -0.3 is 9.84 Å². The number of carboxylic acids is 1. The molecular weight excluding hydrogens is 415 g/mol. The van der Waals surface area contributed by atoms with E-state index in [-0.39, 0.29) is 5.82 Å². The Bertz CT molecular complexity index is 770. The molecule has 0 heterocycles. The minimum Gasteiger partial charge on any atom is -0.481 e. The van der Waals surface area contributed by atoms with Gasteiger partial charge in [0, 0.05) is 12.2 Å². The SMILES string of the molecule is CCCCCCCCOC1(CCCCCCCC)C=CC(C(=O)O)C=C1c1ccccc1F. The van der Waals surface area contributed by atoms with Crippen LogP contribution < -0.4 is 0 Å². The second-order valence-corrected chi connectivity index (χ2v) is 9.31. The molecule has 0 aromatic heterocycles. The number of carboxylic acid groups (broad SMARTS) is 1. The molecule has 1 aliphatic carbocycles. The largest absolute Gasteiger partial charge is 0.481 e. The molecule has 1 aliphatic rings. The maximum Gasteiger partial charge on any atom is 0.314 e. The molecule has 0 bridgehead atoms. The fraction of sp³-hybridized carbons (Fsp3) is 0.621. The summed E-state index contributed by atoms with van der Waals surface area (Å²) >= 11 is 0. The lowest BCUT2D eigenvalue weighted by Gasteiger charge is -2.37. The summed E-state index contributed by atoms with van der Waals surface area (Å²) in [5.41, 5.74) is 0.333. The van der Waals surface area contributed by atoms with Gasteiger partial charge in [0.25, 0.3) is 0 Å². The summed E-state index contributed by atoms with van der Waals surface area (Å²) in [6.07, 6.45) is 20.0. The summed E-state index contributed by atoms with van der Waals surface area (Å²) in [6, 6.07) is 6.65. The highest BCUT2D eigenvalue weighted by Gasteiger charge is 2.38. The van der Waals surface area contributed by atoms with Crippen LogP contribution in [0.25, 0.3) is 5.57 Å². The Morgan fingerprint density at radius 2 is 1.55 bits per heavy atom. The molecule has 0 fully saturated rings. The topological polar surface area (TPSA) is 46.5 Å². The van der Waals surface area contributed by atoms with E-state index in [2.05, 4.69) is 13.8 Å². The zero-order chi connectivity index (χ0) is 23.9. The van der Waals surface area contributed by atoms with E-state index < -0.39 is 17.5 Å². The number of benzene rings is 1. The zero-order valence-electron chi connectivity index (χ0n) is 20.7. The molecule has 1 aromatic rings. The van der Waals surface area contributed by atoms with E-state index in [9.17, 15) is 14.3 Å². The van der Waals surface area contributed by atoms with Gasteiger partial charge in [-0.05, 0) is 30.9 Å². The van der Waals surface area contributed by atoms with Crippen LogP contribution in [0.5, 0.6) is 0 Å². The first kappa shape index (κ1) is 27.3. The van der Waals surface area contributed by atoms with E-state index >= 15 is 0 Å². The van der Waals surface area contributed by atoms with E-state index in [0.29, 0.717) is 17.7 Å². The monoisotopic (exact) mass is 458 g/mol. The lowest BCUT2D eigenvalue weighted by Crippen LogP contribution is -2.36. The molecule has 2 atom stereocenters. The third-order valence-electron chi connectivity index (χ3n) is 6.58. The van der Waals surface area contributed by atoms with Gasteiger partial charge in [-0.1, -0.05) is 114 Å². The van der Waals surface area contributed by atoms with Crippen molar-refractivity contribution in [2.45, 2.75) is 103 Å². The molecular formula is C29H43FO3. The van der Waals surface area contributed by atoms with Crippen molar-refractivity contribution in [1.82, 2.24) is 0 Å². The first-order valence-corrected chi connectivity index (χ1v) is 13.1. The van der Waals surface area contributed by atoms with E-state index in [4.69, 9.17) is 4.74 Å². The van der Waals surface area contributed by atoms with Crippen LogP contribution in [0.3, 0.4) is 0 Å². The van der Waals surface area contributed by atoms with Crippen LogP contribution in [0.4, 0.5) is 4.39 Å². The van der Waals surface area contributed by atoms with Gasteiger partial charge in [0.1, 0.15) is 11.4 Å². The average molecular weight is 459 g/mol. The molecule has 2 rings (SSSR count). The van der Waals surface area contributed by atoms with Crippen molar-refractivity contribution in [3.05, 3.63) is 53.9 Å². The summed E-state index contributed by atoms with van der Waals surface area (Å²) in [4.78, 5) is 11.7. The van der Waals surface area contributed by atoms with E-state index in [1.165, 1.54) is 57.4 Å². The fourth-order valence-corrected chi connectivity index (χ4v) is 4.60. The number of halogens is 1. The molecule has 0 spiro atoms. The number of ether oxygens (including phenoxy) is 1. The van der Waals surface area contributed by atoms with E-state index in [0.717, 1.165) is 32.1 Å². The van der Waals surface area contributed by atoms with Gasteiger partial charge in [0.2, 0.25) is 0 Å². The van der Waals surface area contributed by atoms with Gasteiger partial charge in [-0.15, -0.1) is 0 Å². The number of unbranched alkanes of at least 4 members (excludes halogenated alkanes) is 10. The normalized spacial score (nSPS) is 20.1. The van der Waals surface area contributed by atoms with Crippen molar-refractivity contribution in [2.24, 2.45) is 5.92 Å². The highest BCUT2D eigenvalue weighted by atomic mass is 19.1. The second kappa shape index (κ2) is 15.1. The van der Waals surface area contributed by atoms with Crippen molar-refractivity contribution in [1.29, 1.82) is 0 Å². The number of aliphatic carboxylic acids is 1. The molecule has 1 N–H and O–H groups in total. The van der Waals surface area contributed by atoms with Gasteiger partial charge in [-0.25, -0.2) is 4.39 Å². The van der Waals surface area contributed by atoms with Crippen LogP contribution in [0.2, 0.25) is 0 Å². The van der Waals surface area contributed by atoms with Crippen molar-refractivity contribution in [2.75, 3.05) is 6.61 Å². The fourth-order valence-electron chi connectivity index (χ4n) is 4.60. The third-order valence-corrected chi connectivity index (χ3v) is 6.58. The highest BCUT2D eigenvalue weighted by Crippen LogP contribution is 2.42. The first-order chi connectivity index (χ1) is 16.0. The Labute approximate surface area is 200 Å². The number of hydrogen-bond donors (Lipinski definition) is 1. The van der Waals surface area contributed by atoms with E-state index in [1.54, 1.807) is 30.4 Å². The van der Waals surface area contributed by atoms with Gasteiger partial charge in [0.05, 0.1) is 5.92 Å². The average Bonchev–Trinajstić information content (AvgIpc) is 2.81. The van der Waals surface area contributed by atoms with Crippen LogP contribution >= 0.6 is 0 Å². The zero-order valence-corrected chi connectivity index (χ0v) is 20.7. The summed E-state index contributed by atoms with van der Waals surface area (Å²) in [5, 5.41) is 9.63. The highest BCUT2D eigenvalue weighted by molar-refractivity contribution is 5.84. The van der Waals surface area contributed by atoms with Crippen molar-refractivity contribution >= 4 is 11.5 Å². The molecule has 0 aliphatic heterocycles. The summed E-state index contributed by atoms with van der Waals surface area (Å²) in [5.74, 6) is -2.03. The second-order valence-electron chi connectivity index (χ2n) is 9.31. The molecule has 2 unspecified atom stereocenters. The summed E-state index contributed by atoms with van der Waals surface area (Å²) in [7, 11) is 0. The lowest BCUT2D eigenvalue weighted by atomic mass is 9.77. The third kappa shape index (κ3) is 8.73. The van der Waals surface area contributed by atoms with Crippen molar-refractivity contribution < 1.29 is 19.0 Å². The Morgan fingerprint density at radius 3 is 2.18 bits per heavy atom. The Morgan fingerprint density at radius 1 is 0.939 bits per heavy atom. The molecule has 3 nitrogen and oxygen atoms in total. The molecule has 0 radical (unpaired) electrons. The van der Waals surface area contributed by atoms with Crippen LogP contribution in [-0.4, -0.2) is 23.3 Å².